The number of fused-ring (bicyclic) bond motifs is 2. The Morgan fingerprint density at radius 3 is 2.53 bits per heavy atom. The molecule has 3 aromatic carbocycles. The third kappa shape index (κ3) is 3.64. The lowest BCUT2D eigenvalue weighted by Crippen LogP contribution is -2.32. The Labute approximate surface area is 200 Å². The zero-order chi connectivity index (χ0) is 24.0. The minimum atomic E-state index is -0.900. The molecule has 34 heavy (non-hydrogen) atoms. The van der Waals surface area contributed by atoms with Crippen molar-refractivity contribution in [2.45, 2.75) is 19.4 Å². The van der Waals surface area contributed by atoms with E-state index < -0.39 is 17.8 Å². The van der Waals surface area contributed by atoms with Crippen molar-refractivity contribution in [3.05, 3.63) is 110 Å². The number of hydrogen-bond acceptors (Lipinski definition) is 4. The summed E-state index contributed by atoms with van der Waals surface area (Å²) in [5, 5.41) is 0.684. The zero-order valence-corrected chi connectivity index (χ0v) is 19.4. The number of aryl methyl sites for hydroxylation is 1. The molecule has 5 nitrogen and oxygen atoms in total. The van der Waals surface area contributed by atoms with E-state index in [1.54, 1.807) is 44.4 Å². The summed E-state index contributed by atoms with van der Waals surface area (Å²) in [5.74, 6) is -0.261. The highest BCUT2D eigenvalue weighted by molar-refractivity contribution is 6.32. The van der Waals surface area contributed by atoms with Gasteiger partial charge >= 0.3 is 0 Å². The lowest BCUT2D eigenvalue weighted by atomic mass is 9.97. The molecule has 1 atom stereocenters. The van der Waals surface area contributed by atoms with Crippen LogP contribution in [0.1, 0.15) is 38.9 Å². The smallest absolute Gasteiger partial charge is 0.290 e. The fourth-order valence-electron chi connectivity index (χ4n) is 4.43. The van der Waals surface area contributed by atoms with Gasteiger partial charge in [-0.3, -0.25) is 9.59 Å². The molecule has 0 spiro atoms. The molecule has 5 rings (SSSR count). The molecule has 0 aliphatic carbocycles. The van der Waals surface area contributed by atoms with Crippen molar-refractivity contribution in [3.63, 3.8) is 0 Å². The van der Waals surface area contributed by atoms with Crippen molar-refractivity contribution in [2.24, 2.45) is 0 Å². The molecule has 7 heteroatoms. The Morgan fingerprint density at radius 1 is 1.09 bits per heavy atom. The molecule has 0 radical (unpaired) electrons. The van der Waals surface area contributed by atoms with E-state index in [4.69, 9.17) is 20.8 Å². The maximum absolute atomic E-state index is 14.9. The molecule has 1 amide bonds. The maximum Gasteiger partial charge on any atom is 0.290 e. The van der Waals surface area contributed by atoms with Gasteiger partial charge in [0.05, 0.1) is 24.1 Å². The summed E-state index contributed by atoms with van der Waals surface area (Å²) in [6.45, 7) is 2.06. The van der Waals surface area contributed by atoms with E-state index >= 15 is 0 Å². The van der Waals surface area contributed by atoms with E-state index in [0.717, 1.165) is 16.9 Å². The highest BCUT2D eigenvalue weighted by Crippen LogP contribution is 2.39. The summed E-state index contributed by atoms with van der Waals surface area (Å²) < 4.78 is 26.1. The predicted octanol–water partition coefficient (Wildman–Crippen LogP) is 5.69. The van der Waals surface area contributed by atoms with E-state index in [9.17, 15) is 14.0 Å². The normalized spacial score (nSPS) is 15.1. The SMILES string of the molecule is COc1ccc(CCN2C(=O)c3oc4cc(C)c(Cl)cc4c(=O)c3C2c2ccccc2F)cc1. The van der Waals surface area contributed by atoms with E-state index in [2.05, 4.69) is 0 Å². The van der Waals surface area contributed by atoms with Crippen molar-refractivity contribution in [3.8, 4) is 5.75 Å². The van der Waals surface area contributed by atoms with Crippen LogP contribution in [-0.4, -0.2) is 24.5 Å². The third-order valence-electron chi connectivity index (χ3n) is 6.25. The number of amides is 1. The van der Waals surface area contributed by atoms with Crippen molar-refractivity contribution in [2.75, 3.05) is 13.7 Å². The summed E-state index contributed by atoms with van der Waals surface area (Å²) in [5.41, 5.74) is 1.98. The van der Waals surface area contributed by atoms with Gasteiger partial charge in [0.15, 0.2) is 5.43 Å². The molecule has 1 unspecified atom stereocenters. The summed E-state index contributed by atoms with van der Waals surface area (Å²) in [7, 11) is 1.59. The fourth-order valence-corrected chi connectivity index (χ4v) is 4.60. The average Bonchev–Trinajstić information content (AvgIpc) is 3.11. The molecule has 1 aliphatic heterocycles. The lowest BCUT2D eigenvalue weighted by molar-refractivity contribution is 0.0728. The van der Waals surface area contributed by atoms with Gasteiger partial charge in [0.1, 0.15) is 17.1 Å². The van der Waals surface area contributed by atoms with Gasteiger partial charge in [-0.05, 0) is 54.8 Å². The van der Waals surface area contributed by atoms with E-state index in [-0.39, 0.29) is 39.8 Å². The molecule has 2 heterocycles. The van der Waals surface area contributed by atoms with Crippen molar-refractivity contribution < 1.29 is 18.3 Å². The number of carbonyl (C=O) groups is 1. The van der Waals surface area contributed by atoms with Gasteiger partial charge in [-0.2, -0.15) is 0 Å². The zero-order valence-electron chi connectivity index (χ0n) is 18.6. The van der Waals surface area contributed by atoms with Crippen LogP contribution in [-0.2, 0) is 6.42 Å². The van der Waals surface area contributed by atoms with Crippen LogP contribution < -0.4 is 10.2 Å². The Morgan fingerprint density at radius 2 is 1.82 bits per heavy atom. The Hall–Kier alpha value is -3.64. The van der Waals surface area contributed by atoms with Crippen LogP contribution in [0.5, 0.6) is 5.75 Å². The summed E-state index contributed by atoms with van der Waals surface area (Å²) >= 11 is 6.26. The third-order valence-corrected chi connectivity index (χ3v) is 6.65. The number of nitrogens with zero attached hydrogens (tertiary/aromatic N) is 1. The number of carbonyl (C=O) groups excluding carboxylic acids is 1. The molecule has 1 aliphatic rings. The first-order valence-corrected chi connectivity index (χ1v) is 11.2. The predicted molar refractivity (Wildman–Crippen MR) is 128 cm³/mol. The van der Waals surface area contributed by atoms with Crippen LogP contribution in [0.4, 0.5) is 4.39 Å². The summed E-state index contributed by atoms with van der Waals surface area (Å²) in [6.07, 6.45) is 0.507. The van der Waals surface area contributed by atoms with Crippen LogP contribution >= 0.6 is 11.6 Å². The molecule has 1 aromatic heterocycles. The monoisotopic (exact) mass is 477 g/mol. The number of benzene rings is 3. The second kappa shape index (κ2) is 8.61. The first-order valence-electron chi connectivity index (χ1n) is 10.8. The van der Waals surface area contributed by atoms with Gasteiger partial charge in [-0.1, -0.05) is 41.9 Å². The minimum absolute atomic E-state index is 0.0535. The number of ether oxygens (including phenoxy) is 1. The summed E-state index contributed by atoms with van der Waals surface area (Å²) in [4.78, 5) is 28.6. The second-order valence-corrected chi connectivity index (χ2v) is 8.70. The Balaban J connectivity index is 1.63. The Kier molecular flexibility index (Phi) is 5.62. The number of rotatable bonds is 5. The molecule has 0 N–H and O–H groups in total. The second-order valence-electron chi connectivity index (χ2n) is 8.29. The minimum Gasteiger partial charge on any atom is -0.497 e. The summed E-state index contributed by atoms with van der Waals surface area (Å²) in [6, 6.07) is 16.0. The van der Waals surface area contributed by atoms with E-state index in [0.29, 0.717) is 11.4 Å². The largest absolute Gasteiger partial charge is 0.497 e. The van der Waals surface area contributed by atoms with Crippen LogP contribution in [0.2, 0.25) is 5.02 Å². The first kappa shape index (κ1) is 22.2. The van der Waals surface area contributed by atoms with Gasteiger partial charge in [-0.15, -0.1) is 0 Å². The molecular formula is C27H21ClFNO4. The van der Waals surface area contributed by atoms with Crippen LogP contribution in [0.3, 0.4) is 0 Å². The van der Waals surface area contributed by atoms with Crippen molar-refractivity contribution in [1.82, 2.24) is 4.90 Å². The van der Waals surface area contributed by atoms with Gasteiger partial charge < -0.3 is 14.1 Å². The van der Waals surface area contributed by atoms with Gasteiger partial charge in [0.2, 0.25) is 5.76 Å². The highest BCUT2D eigenvalue weighted by Gasteiger charge is 2.43. The van der Waals surface area contributed by atoms with Crippen LogP contribution in [0, 0.1) is 12.7 Å². The maximum atomic E-state index is 14.9. The van der Waals surface area contributed by atoms with E-state index in [1.165, 1.54) is 11.0 Å². The standard InChI is InChI=1S/C27H21ClFNO4/c1-15-13-22-19(14-20(15)28)25(31)23-24(18-5-3-4-6-21(18)29)30(27(32)26(23)34-22)12-11-16-7-9-17(33-2)10-8-16/h3-10,13-14,24H,11-12H2,1-2H3. The highest BCUT2D eigenvalue weighted by atomic mass is 35.5. The molecule has 0 saturated heterocycles. The number of hydrogen-bond donors (Lipinski definition) is 0. The molecule has 172 valence electrons. The lowest BCUT2D eigenvalue weighted by Gasteiger charge is -2.25. The fraction of sp³-hybridized carbons (Fsp3) is 0.185. The van der Waals surface area contributed by atoms with Crippen LogP contribution in [0.15, 0.2) is 69.9 Å². The molecule has 0 saturated carbocycles. The van der Waals surface area contributed by atoms with Crippen LogP contribution in [0.25, 0.3) is 11.0 Å². The molecule has 0 bridgehead atoms. The Bertz CT molecular complexity index is 1480. The number of methoxy groups -OCH3 is 1. The quantitative estimate of drug-likeness (QED) is 0.370. The van der Waals surface area contributed by atoms with E-state index in [1.807, 2.05) is 24.3 Å². The molecular weight excluding hydrogens is 457 g/mol. The first-order chi connectivity index (χ1) is 16.4. The average molecular weight is 478 g/mol. The van der Waals surface area contributed by atoms with Crippen molar-refractivity contribution in [1.29, 1.82) is 0 Å². The molecule has 0 fully saturated rings. The van der Waals surface area contributed by atoms with Gasteiger partial charge in [0, 0.05) is 17.1 Å². The van der Waals surface area contributed by atoms with Gasteiger partial charge in [0.25, 0.3) is 5.91 Å². The van der Waals surface area contributed by atoms with Gasteiger partial charge in [-0.25, -0.2) is 4.39 Å². The van der Waals surface area contributed by atoms with Crippen molar-refractivity contribution >= 4 is 28.5 Å². The topological polar surface area (TPSA) is 59.8 Å². The number of halogens is 2. The molecule has 4 aromatic rings.